The van der Waals surface area contributed by atoms with Crippen molar-refractivity contribution in [1.29, 1.82) is 0 Å². The molecule has 0 saturated heterocycles. The van der Waals surface area contributed by atoms with Gasteiger partial charge in [0.1, 0.15) is 12.4 Å². The zero-order valence-electron chi connectivity index (χ0n) is 13.7. The van der Waals surface area contributed by atoms with Crippen LogP contribution in [0.1, 0.15) is 11.4 Å². The van der Waals surface area contributed by atoms with Gasteiger partial charge in [0.25, 0.3) is 5.56 Å². The van der Waals surface area contributed by atoms with E-state index in [2.05, 4.69) is 10.3 Å². The third-order valence-electron chi connectivity index (χ3n) is 3.85. The number of carbonyl (C=O) groups excluding carboxylic acids is 1. The second-order valence-corrected chi connectivity index (χ2v) is 5.69. The smallest absolute Gasteiger partial charge is 0.325 e. The number of anilines is 1. The Hall–Kier alpha value is -3.16. The van der Waals surface area contributed by atoms with Crippen molar-refractivity contribution in [2.24, 2.45) is 0 Å². The summed E-state index contributed by atoms with van der Waals surface area (Å²) >= 11 is 0. The fourth-order valence-electron chi connectivity index (χ4n) is 2.55. The van der Waals surface area contributed by atoms with Gasteiger partial charge in [-0.05, 0) is 43.3 Å². The van der Waals surface area contributed by atoms with Crippen molar-refractivity contribution in [1.82, 2.24) is 9.55 Å². The van der Waals surface area contributed by atoms with Crippen LogP contribution in [0.2, 0.25) is 0 Å². The van der Waals surface area contributed by atoms with Crippen molar-refractivity contribution in [2.45, 2.75) is 19.6 Å². The quantitative estimate of drug-likeness (QED) is 0.778. The van der Waals surface area contributed by atoms with Crippen LogP contribution < -0.4 is 10.9 Å². The molecule has 1 aromatic heterocycles. The predicted molar refractivity (Wildman–Crippen MR) is 90.8 cm³/mol. The molecule has 134 valence electrons. The summed E-state index contributed by atoms with van der Waals surface area (Å²) in [6.07, 6.45) is -4.44. The Morgan fingerprint density at radius 2 is 1.77 bits per heavy atom. The molecule has 2 aromatic carbocycles. The van der Waals surface area contributed by atoms with Crippen molar-refractivity contribution in [3.05, 3.63) is 70.3 Å². The first-order valence-corrected chi connectivity index (χ1v) is 7.69. The first-order chi connectivity index (χ1) is 12.3. The molecule has 0 aliphatic carbocycles. The Bertz CT molecular complexity index is 1020. The highest BCUT2D eigenvalue weighted by atomic mass is 19.4. The Kier molecular flexibility index (Phi) is 4.50. The molecule has 0 aliphatic rings. The minimum atomic E-state index is -4.44. The first kappa shape index (κ1) is 17.7. The van der Waals surface area contributed by atoms with Crippen molar-refractivity contribution in [3.8, 4) is 0 Å². The van der Waals surface area contributed by atoms with Crippen LogP contribution in [0.4, 0.5) is 18.9 Å². The number of amides is 1. The van der Waals surface area contributed by atoms with Gasteiger partial charge in [0, 0.05) is 5.69 Å². The van der Waals surface area contributed by atoms with E-state index in [9.17, 15) is 22.8 Å². The lowest BCUT2D eigenvalue weighted by atomic mass is 10.2. The van der Waals surface area contributed by atoms with Gasteiger partial charge < -0.3 is 5.32 Å². The molecule has 1 N–H and O–H groups in total. The lowest BCUT2D eigenvalue weighted by molar-refractivity contribution is -0.137. The van der Waals surface area contributed by atoms with Crippen LogP contribution in [-0.4, -0.2) is 15.5 Å². The van der Waals surface area contributed by atoms with E-state index < -0.39 is 17.6 Å². The Labute approximate surface area is 146 Å². The summed E-state index contributed by atoms with van der Waals surface area (Å²) in [5.41, 5.74) is -0.409. The number of benzene rings is 2. The molecule has 3 aromatic rings. The van der Waals surface area contributed by atoms with Crippen LogP contribution in [0.25, 0.3) is 10.9 Å². The summed E-state index contributed by atoms with van der Waals surface area (Å²) in [7, 11) is 0. The molecule has 1 amide bonds. The van der Waals surface area contributed by atoms with Crippen LogP contribution in [0.3, 0.4) is 0 Å². The third kappa shape index (κ3) is 3.58. The summed E-state index contributed by atoms with van der Waals surface area (Å²) in [6.45, 7) is 1.32. The van der Waals surface area contributed by atoms with Crippen LogP contribution in [0, 0.1) is 6.92 Å². The molecule has 1 heterocycles. The Morgan fingerprint density at radius 3 is 2.42 bits per heavy atom. The van der Waals surface area contributed by atoms with E-state index >= 15 is 0 Å². The number of hydrogen-bond acceptors (Lipinski definition) is 3. The van der Waals surface area contributed by atoms with Gasteiger partial charge in [0.15, 0.2) is 0 Å². The zero-order chi connectivity index (χ0) is 18.9. The van der Waals surface area contributed by atoms with E-state index in [1.807, 2.05) is 0 Å². The first-order valence-electron chi connectivity index (χ1n) is 7.69. The normalized spacial score (nSPS) is 11.5. The maximum atomic E-state index is 12.6. The number of nitrogens with one attached hydrogen (secondary N) is 1. The molecule has 5 nitrogen and oxygen atoms in total. The van der Waals surface area contributed by atoms with Gasteiger partial charge in [0.2, 0.25) is 5.91 Å². The number of aryl methyl sites for hydroxylation is 1. The standard InChI is InChI=1S/C18H14F3N3O2/c1-11-22-15-5-3-2-4-14(15)17(26)24(11)10-16(25)23-13-8-6-12(7-9-13)18(19,20)21/h2-9H,10H2,1H3,(H,23,25). The minimum Gasteiger partial charge on any atom is -0.325 e. The number of hydrogen-bond donors (Lipinski definition) is 1. The molecule has 0 spiro atoms. The summed E-state index contributed by atoms with van der Waals surface area (Å²) < 4.78 is 38.9. The number of carbonyl (C=O) groups is 1. The van der Waals surface area contributed by atoms with Gasteiger partial charge in [0.05, 0.1) is 16.5 Å². The highest BCUT2D eigenvalue weighted by Gasteiger charge is 2.30. The molecule has 8 heteroatoms. The van der Waals surface area contributed by atoms with Gasteiger partial charge in [-0.1, -0.05) is 12.1 Å². The highest BCUT2D eigenvalue weighted by molar-refractivity contribution is 5.90. The molecule has 0 atom stereocenters. The van der Waals surface area contributed by atoms with E-state index in [0.717, 1.165) is 24.3 Å². The van der Waals surface area contributed by atoms with Gasteiger partial charge in [-0.2, -0.15) is 13.2 Å². The molecule has 3 rings (SSSR count). The summed E-state index contributed by atoms with van der Waals surface area (Å²) in [4.78, 5) is 29.0. The molecule has 0 fully saturated rings. The van der Waals surface area contributed by atoms with Gasteiger partial charge in [-0.25, -0.2) is 4.98 Å². The molecule has 0 radical (unpaired) electrons. The molecule has 0 unspecified atom stereocenters. The number of fused-ring (bicyclic) bond motifs is 1. The lowest BCUT2D eigenvalue weighted by Gasteiger charge is -2.12. The maximum Gasteiger partial charge on any atom is 0.416 e. The molecule has 26 heavy (non-hydrogen) atoms. The summed E-state index contributed by atoms with van der Waals surface area (Å²) in [6, 6.07) is 10.9. The van der Waals surface area contributed by atoms with E-state index in [1.54, 1.807) is 31.2 Å². The molecular formula is C18H14F3N3O2. The summed E-state index contributed by atoms with van der Waals surface area (Å²) in [5, 5.41) is 2.87. The van der Waals surface area contributed by atoms with E-state index in [-0.39, 0.29) is 17.8 Å². The maximum absolute atomic E-state index is 12.6. The van der Waals surface area contributed by atoms with Crippen molar-refractivity contribution in [2.75, 3.05) is 5.32 Å². The Balaban J connectivity index is 1.80. The number of alkyl halides is 3. The van der Waals surface area contributed by atoms with Crippen molar-refractivity contribution >= 4 is 22.5 Å². The van der Waals surface area contributed by atoms with Gasteiger partial charge >= 0.3 is 6.18 Å². The largest absolute Gasteiger partial charge is 0.416 e. The molecule has 0 bridgehead atoms. The van der Waals surface area contributed by atoms with Crippen molar-refractivity contribution < 1.29 is 18.0 Å². The monoisotopic (exact) mass is 361 g/mol. The van der Waals surface area contributed by atoms with Crippen molar-refractivity contribution in [3.63, 3.8) is 0 Å². The number of rotatable bonds is 3. The average molecular weight is 361 g/mol. The SMILES string of the molecule is Cc1nc2ccccc2c(=O)n1CC(=O)Nc1ccc(C(F)(F)F)cc1. The second kappa shape index (κ2) is 6.62. The lowest BCUT2D eigenvalue weighted by Crippen LogP contribution is -2.30. The average Bonchev–Trinajstić information content (AvgIpc) is 2.58. The van der Waals surface area contributed by atoms with Crippen LogP contribution >= 0.6 is 0 Å². The number of halogens is 3. The highest BCUT2D eigenvalue weighted by Crippen LogP contribution is 2.29. The molecule has 0 saturated carbocycles. The topological polar surface area (TPSA) is 64.0 Å². The van der Waals surface area contributed by atoms with Crippen LogP contribution in [-0.2, 0) is 17.5 Å². The van der Waals surface area contributed by atoms with E-state index in [0.29, 0.717) is 16.7 Å². The van der Waals surface area contributed by atoms with Crippen LogP contribution in [0.5, 0.6) is 0 Å². The third-order valence-corrected chi connectivity index (χ3v) is 3.85. The number of aromatic nitrogens is 2. The number of para-hydroxylation sites is 1. The van der Waals surface area contributed by atoms with Gasteiger partial charge in [-0.15, -0.1) is 0 Å². The second-order valence-electron chi connectivity index (χ2n) is 5.69. The van der Waals surface area contributed by atoms with E-state index in [4.69, 9.17) is 0 Å². The zero-order valence-corrected chi connectivity index (χ0v) is 13.7. The van der Waals surface area contributed by atoms with Gasteiger partial charge in [-0.3, -0.25) is 14.2 Å². The minimum absolute atomic E-state index is 0.211. The summed E-state index contributed by atoms with van der Waals surface area (Å²) in [5.74, 6) is -0.164. The fraction of sp³-hybridized carbons (Fsp3) is 0.167. The number of nitrogens with zero attached hydrogens (tertiary/aromatic N) is 2. The van der Waals surface area contributed by atoms with Crippen LogP contribution in [0.15, 0.2) is 53.3 Å². The molecule has 0 aliphatic heterocycles. The Morgan fingerprint density at radius 1 is 1.12 bits per heavy atom. The molecular weight excluding hydrogens is 347 g/mol. The predicted octanol–water partition coefficient (Wildman–Crippen LogP) is 3.36. The fourth-order valence-corrected chi connectivity index (χ4v) is 2.55. The van der Waals surface area contributed by atoms with E-state index in [1.165, 1.54) is 4.57 Å².